The van der Waals surface area contributed by atoms with Crippen LogP contribution in [0.25, 0.3) is 0 Å². The Morgan fingerprint density at radius 3 is 2.79 bits per heavy atom. The lowest BCUT2D eigenvalue weighted by Crippen LogP contribution is -2.35. The Kier molecular flexibility index (Phi) is 4.52. The lowest BCUT2D eigenvalue weighted by Gasteiger charge is -2.22. The van der Waals surface area contributed by atoms with E-state index in [4.69, 9.17) is 4.74 Å². The van der Waals surface area contributed by atoms with Gasteiger partial charge in [-0.05, 0) is 5.56 Å². The topological polar surface area (TPSA) is 69.0 Å². The van der Waals surface area contributed by atoms with Crippen LogP contribution in [0, 0.1) is 0 Å². The summed E-state index contributed by atoms with van der Waals surface area (Å²) in [6, 6.07) is 8.49. The van der Waals surface area contributed by atoms with Gasteiger partial charge >= 0.3 is 12.1 Å². The normalized spacial score (nSPS) is 17.4. The highest BCUT2D eigenvalue weighted by molar-refractivity contribution is 5.70. The predicted molar refractivity (Wildman–Crippen MR) is 76.6 cm³/mol. The van der Waals surface area contributed by atoms with Crippen molar-refractivity contribution in [3.8, 4) is 0 Å². The first-order valence-corrected chi connectivity index (χ1v) is 7.38. The molecule has 0 bridgehead atoms. The first-order chi connectivity index (χ1) is 11.4. The minimum atomic E-state index is -4.61. The fraction of sp³-hybridized carbons (Fsp3) is 0.400. The Hall–Kier alpha value is -2.42. The second-order valence-corrected chi connectivity index (χ2v) is 5.37. The summed E-state index contributed by atoms with van der Waals surface area (Å²) in [4.78, 5) is 15.5. The van der Waals surface area contributed by atoms with Crippen LogP contribution in [0.4, 0.5) is 13.2 Å². The highest BCUT2D eigenvalue weighted by Crippen LogP contribution is 2.29. The van der Waals surface area contributed by atoms with Crippen molar-refractivity contribution in [3.63, 3.8) is 0 Å². The number of ether oxygens (including phenoxy) is 1. The van der Waals surface area contributed by atoms with Crippen molar-refractivity contribution in [1.82, 2.24) is 20.1 Å². The van der Waals surface area contributed by atoms with E-state index in [2.05, 4.69) is 15.4 Å². The minimum absolute atomic E-state index is 0.102. The summed E-state index contributed by atoms with van der Waals surface area (Å²) in [7, 11) is 0. The fourth-order valence-corrected chi connectivity index (χ4v) is 2.46. The smallest absolute Gasteiger partial charge is 0.453 e. The number of hydrogen-bond acceptors (Lipinski definition) is 5. The number of fused-ring (bicyclic) bond motifs is 1. The minimum Gasteiger partial charge on any atom is -0.461 e. The van der Waals surface area contributed by atoms with E-state index in [1.807, 2.05) is 30.3 Å². The Balaban J connectivity index is 1.64. The number of carbonyl (C=O) groups excluding carboxylic acids is 1. The Bertz CT molecular complexity index is 715. The van der Waals surface area contributed by atoms with Crippen LogP contribution in [0.3, 0.4) is 0 Å². The first kappa shape index (κ1) is 16.4. The van der Waals surface area contributed by atoms with E-state index in [1.165, 1.54) is 4.68 Å². The molecule has 0 saturated carbocycles. The molecule has 24 heavy (non-hydrogen) atoms. The number of hydrogen-bond donors (Lipinski definition) is 1. The molecule has 1 unspecified atom stereocenters. The lowest BCUT2D eigenvalue weighted by atomic mass is 10.1. The van der Waals surface area contributed by atoms with Crippen molar-refractivity contribution in [2.24, 2.45) is 0 Å². The molecule has 6 nitrogen and oxygen atoms in total. The zero-order chi connectivity index (χ0) is 17.2. The summed E-state index contributed by atoms with van der Waals surface area (Å²) in [6.45, 7) is 0.797. The van der Waals surface area contributed by atoms with Crippen LogP contribution >= 0.6 is 0 Å². The number of benzene rings is 1. The number of nitrogens with one attached hydrogen (secondary N) is 1. The summed E-state index contributed by atoms with van der Waals surface area (Å²) < 4.78 is 44.5. The van der Waals surface area contributed by atoms with Crippen molar-refractivity contribution >= 4 is 5.97 Å². The molecule has 1 aromatic carbocycles. The lowest BCUT2D eigenvalue weighted by molar-refractivity contribution is -0.146. The largest absolute Gasteiger partial charge is 0.461 e. The number of carbonyl (C=O) groups is 1. The van der Waals surface area contributed by atoms with E-state index in [9.17, 15) is 18.0 Å². The molecule has 1 aliphatic heterocycles. The second-order valence-electron chi connectivity index (χ2n) is 5.37. The number of alkyl halides is 3. The molecular formula is C15H15F3N4O2. The van der Waals surface area contributed by atoms with Crippen molar-refractivity contribution in [2.45, 2.75) is 31.8 Å². The van der Waals surface area contributed by atoms with Crippen LogP contribution in [0.15, 0.2) is 30.3 Å². The molecule has 0 spiro atoms. The van der Waals surface area contributed by atoms with Crippen LogP contribution in [-0.2, 0) is 28.9 Å². The molecule has 0 saturated heterocycles. The van der Waals surface area contributed by atoms with Crippen LogP contribution in [0.2, 0.25) is 0 Å². The highest BCUT2D eigenvalue weighted by Gasteiger charge is 2.39. The monoisotopic (exact) mass is 340 g/mol. The van der Waals surface area contributed by atoms with E-state index < -0.39 is 24.0 Å². The average Bonchev–Trinajstić information content (AvgIpc) is 3.00. The Morgan fingerprint density at radius 2 is 2.08 bits per heavy atom. The predicted octanol–water partition coefficient (Wildman–Crippen LogP) is 2.07. The van der Waals surface area contributed by atoms with Crippen LogP contribution in [0.5, 0.6) is 0 Å². The molecule has 1 aliphatic rings. The van der Waals surface area contributed by atoms with Gasteiger partial charge in [0, 0.05) is 6.54 Å². The fourth-order valence-electron chi connectivity index (χ4n) is 2.46. The van der Waals surface area contributed by atoms with Gasteiger partial charge in [-0.25, -0.2) is 9.67 Å². The summed E-state index contributed by atoms with van der Waals surface area (Å²) in [5.74, 6) is -1.60. The maximum atomic E-state index is 12.7. The van der Waals surface area contributed by atoms with Crippen LogP contribution < -0.4 is 5.32 Å². The highest BCUT2D eigenvalue weighted by atomic mass is 19.4. The molecule has 3 rings (SSSR count). The van der Waals surface area contributed by atoms with Crippen LogP contribution in [0.1, 0.15) is 29.7 Å². The molecule has 1 aromatic heterocycles. The van der Waals surface area contributed by atoms with E-state index in [-0.39, 0.29) is 25.4 Å². The third kappa shape index (κ3) is 3.73. The molecule has 0 aliphatic carbocycles. The number of rotatable bonds is 4. The van der Waals surface area contributed by atoms with Gasteiger partial charge < -0.3 is 10.1 Å². The number of nitrogens with zero attached hydrogens (tertiary/aromatic N) is 3. The van der Waals surface area contributed by atoms with Gasteiger partial charge in [0.15, 0.2) is 0 Å². The zero-order valence-electron chi connectivity index (χ0n) is 12.6. The maximum Gasteiger partial charge on any atom is 0.453 e. The van der Waals surface area contributed by atoms with Gasteiger partial charge in [0.25, 0.3) is 5.82 Å². The van der Waals surface area contributed by atoms with Crippen molar-refractivity contribution in [1.29, 1.82) is 0 Å². The standard InChI is InChI=1S/C15H15F3N4O2/c16-15(17,18)14-20-13-11(19-6-7-22(13)21-14)8-12(23)24-9-10-4-2-1-3-5-10/h1-5,11,19H,6-9H2. The van der Waals surface area contributed by atoms with Gasteiger partial charge in [0.1, 0.15) is 12.4 Å². The molecule has 0 fully saturated rings. The third-order valence-electron chi connectivity index (χ3n) is 3.59. The molecule has 2 heterocycles. The van der Waals surface area contributed by atoms with Crippen LogP contribution in [-0.4, -0.2) is 27.3 Å². The summed E-state index contributed by atoms with van der Waals surface area (Å²) in [5.41, 5.74) is 0.838. The summed E-state index contributed by atoms with van der Waals surface area (Å²) in [6.07, 6.45) is -4.72. The van der Waals surface area contributed by atoms with Gasteiger partial charge in [0.2, 0.25) is 0 Å². The van der Waals surface area contributed by atoms with Gasteiger partial charge in [0.05, 0.1) is 19.0 Å². The van der Waals surface area contributed by atoms with E-state index in [1.54, 1.807) is 0 Å². The Labute approximate surface area is 135 Å². The summed E-state index contributed by atoms with van der Waals surface area (Å²) in [5, 5.41) is 6.44. The molecule has 0 amide bonds. The van der Waals surface area contributed by atoms with Gasteiger partial charge in [-0.2, -0.15) is 13.2 Å². The summed E-state index contributed by atoms with van der Waals surface area (Å²) >= 11 is 0. The molecule has 128 valence electrons. The van der Waals surface area contributed by atoms with Crippen molar-refractivity contribution < 1.29 is 22.7 Å². The van der Waals surface area contributed by atoms with Crippen molar-refractivity contribution in [3.05, 3.63) is 47.5 Å². The SMILES string of the molecule is O=C(CC1NCCn2nc(C(F)(F)F)nc21)OCc1ccccc1. The zero-order valence-corrected chi connectivity index (χ0v) is 12.6. The average molecular weight is 340 g/mol. The number of aromatic nitrogens is 3. The van der Waals surface area contributed by atoms with Gasteiger partial charge in [-0.1, -0.05) is 30.3 Å². The first-order valence-electron chi connectivity index (χ1n) is 7.38. The van der Waals surface area contributed by atoms with E-state index >= 15 is 0 Å². The quantitative estimate of drug-likeness (QED) is 0.863. The third-order valence-corrected chi connectivity index (χ3v) is 3.59. The van der Waals surface area contributed by atoms with E-state index in [0.717, 1.165) is 5.56 Å². The molecule has 9 heteroatoms. The molecular weight excluding hydrogens is 325 g/mol. The number of esters is 1. The van der Waals surface area contributed by atoms with Crippen molar-refractivity contribution in [2.75, 3.05) is 6.54 Å². The second kappa shape index (κ2) is 6.60. The number of halogens is 3. The molecule has 2 aromatic rings. The van der Waals surface area contributed by atoms with E-state index in [0.29, 0.717) is 6.54 Å². The molecule has 1 atom stereocenters. The van der Waals surface area contributed by atoms with Gasteiger partial charge in [-0.15, -0.1) is 5.10 Å². The van der Waals surface area contributed by atoms with Gasteiger partial charge in [-0.3, -0.25) is 4.79 Å². The molecule has 0 radical (unpaired) electrons. The molecule has 1 N–H and O–H groups in total. The Morgan fingerprint density at radius 1 is 1.33 bits per heavy atom. The maximum absolute atomic E-state index is 12.7.